The second kappa shape index (κ2) is 8.67. The Bertz CT molecular complexity index is 327. The van der Waals surface area contributed by atoms with Crippen molar-refractivity contribution in [3.8, 4) is 0 Å². The third-order valence-electron chi connectivity index (χ3n) is 2.69. The Morgan fingerprint density at radius 2 is 1.94 bits per heavy atom. The summed E-state index contributed by atoms with van der Waals surface area (Å²) in [5, 5.41) is 0. The van der Waals surface area contributed by atoms with Crippen LogP contribution in [0.4, 0.5) is 0 Å². The first-order valence-corrected chi connectivity index (χ1v) is 6.30. The summed E-state index contributed by atoms with van der Waals surface area (Å²) in [5.41, 5.74) is 1.03. The quantitative estimate of drug-likeness (QED) is 0.378. The zero-order chi connectivity index (χ0) is 14.1. The highest BCUT2D eigenvalue weighted by Crippen LogP contribution is 2.16. The van der Waals surface area contributed by atoms with Crippen LogP contribution in [0.25, 0.3) is 0 Å². The highest BCUT2D eigenvalue weighted by Gasteiger charge is 2.23. The fourth-order valence-electron chi connectivity index (χ4n) is 1.59. The standard InChI is InChI=1S/C15H24O3/c1-11(2)7-6-8-12(3)9-10-14(13(4)16)15(17)18-5/h6-7,11,14H,3,8-10H2,1-2,4-5H3. The van der Waals surface area contributed by atoms with Crippen molar-refractivity contribution < 1.29 is 14.3 Å². The number of esters is 1. The molecule has 3 nitrogen and oxygen atoms in total. The van der Waals surface area contributed by atoms with Crippen LogP contribution in [0.1, 0.15) is 40.0 Å². The average Bonchev–Trinajstić information content (AvgIpc) is 2.27. The second-order valence-corrected chi connectivity index (χ2v) is 4.85. The number of allylic oxidation sites excluding steroid dienone is 3. The van der Waals surface area contributed by atoms with Crippen molar-refractivity contribution in [1.29, 1.82) is 0 Å². The molecule has 0 aliphatic carbocycles. The lowest BCUT2D eigenvalue weighted by atomic mass is 9.95. The van der Waals surface area contributed by atoms with E-state index in [1.165, 1.54) is 14.0 Å². The summed E-state index contributed by atoms with van der Waals surface area (Å²) in [7, 11) is 1.30. The van der Waals surface area contributed by atoms with E-state index in [1.807, 2.05) is 0 Å². The molecule has 0 heterocycles. The van der Waals surface area contributed by atoms with Crippen molar-refractivity contribution >= 4 is 11.8 Å². The lowest BCUT2D eigenvalue weighted by Gasteiger charge is -2.11. The van der Waals surface area contributed by atoms with Crippen molar-refractivity contribution in [1.82, 2.24) is 0 Å². The van der Waals surface area contributed by atoms with Crippen molar-refractivity contribution in [2.75, 3.05) is 7.11 Å². The van der Waals surface area contributed by atoms with Gasteiger partial charge in [-0.15, -0.1) is 0 Å². The van der Waals surface area contributed by atoms with E-state index in [0.717, 1.165) is 12.0 Å². The average molecular weight is 252 g/mol. The molecule has 0 rings (SSSR count). The van der Waals surface area contributed by atoms with Crippen LogP contribution in [0.5, 0.6) is 0 Å². The lowest BCUT2D eigenvalue weighted by Crippen LogP contribution is -2.23. The number of methoxy groups -OCH3 is 1. The van der Waals surface area contributed by atoms with Gasteiger partial charge in [0, 0.05) is 0 Å². The van der Waals surface area contributed by atoms with E-state index in [9.17, 15) is 9.59 Å². The molecule has 0 radical (unpaired) electrons. The molecule has 0 fully saturated rings. The van der Waals surface area contributed by atoms with Gasteiger partial charge in [0.15, 0.2) is 0 Å². The minimum atomic E-state index is -0.652. The zero-order valence-electron chi connectivity index (χ0n) is 11.9. The Morgan fingerprint density at radius 1 is 1.33 bits per heavy atom. The van der Waals surface area contributed by atoms with Gasteiger partial charge >= 0.3 is 5.97 Å². The molecule has 0 saturated carbocycles. The van der Waals surface area contributed by atoms with Crippen LogP contribution in [-0.2, 0) is 14.3 Å². The first-order valence-electron chi connectivity index (χ1n) is 6.30. The molecule has 18 heavy (non-hydrogen) atoms. The summed E-state index contributed by atoms with van der Waals surface area (Å²) in [6.45, 7) is 9.60. The molecule has 1 unspecified atom stereocenters. The maximum Gasteiger partial charge on any atom is 0.316 e. The number of ether oxygens (including phenoxy) is 1. The van der Waals surface area contributed by atoms with Gasteiger partial charge in [0.05, 0.1) is 7.11 Å². The first kappa shape index (κ1) is 16.6. The van der Waals surface area contributed by atoms with Gasteiger partial charge in [0.25, 0.3) is 0 Å². The normalized spacial score (nSPS) is 12.7. The molecule has 0 bridgehead atoms. The van der Waals surface area contributed by atoms with E-state index < -0.39 is 11.9 Å². The summed E-state index contributed by atoms with van der Waals surface area (Å²) < 4.78 is 4.62. The highest BCUT2D eigenvalue weighted by molar-refractivity contribution is 5.97. The summed E-state index contributed by atoms with van der Waals surface area (Å²) in [4.78, 5) is 22.7. The molecule has 0 aromatic heterocycles. The minimum Gasteiger partial charge on any atom is -0.468 e. The summed E-state index contributed by atoms with van der Waals surface area (Å²) in [6, 6.07) is 0. The largest absolute Gasteiger partial charge is 0.468 e. The molecule has 0 aliphatic rings. The number of hydrogen-bond donors (Lipinski definition) is 0. The second-order valence-electron chi connectivity index (χ2n) is 4.85. The van der Waals surface area contributed by atoms with Gasteiger partial charge in [-0.2, -0.15) is 0 Å². The zero-order valence-corrected chi connectivity index (χ0v) is 11.9. The molecule has 0 saturated heterocycles. The molecule has 0 amide bonds. The molecule has 0 spiro atoms. The predicted octanol–water partition coefficient (Wildman–Crippen LogP) is 3.30. The fourth-order valence-corrected chi connectivity index (χ4v) is 1.59. The Balaban J connectivity index is 4.16. The van der Waals surface area contributed by atoms with E-state index in [-0.39, 0.29) is 5.78 Å². The van der Waals surface area contributed by atoms with Crippen LogP contribution < -0.4 is 0 Å². The number of ketones is 1. The van der Waals surface area contributed by atoms with Crippen LogP contribution in [0.15, 0.2) is 24.3 Å². The Kier molecular flexibility index (Phi) is 8.01. The lowest BCUT2D eigenvalue weighted by molar-refractivity contribution is -0.149. The van der Waals surface area contributed by atoms with E-state index in [2.05, 4.69) is 37.3 Å². The Labute approximate surface area is 110 Å². The maximum atomic E-state index is 11.4. The van der Waals surface area contributed by atoms with Crippen LogP contribution in [0.2, 0.25) is 0 Å². The van der Waals surface area contributed by atoms with Crippen LogP contribution in [0.3, 0.4) is 0 Å². The Hall–Kier alpha value is -1.38. The first-order chi connectivity index (χ1) is 8.38. The molecular formula is C15H24O3. The minimum absolute atomic E-state index is 0.146. The monoisotopic (exact) mass is 252 g/mol. The van der Waals surface area contributed by atoms with E-state index in [0.29, 0.717) is 18.8 Å². The van der Waals surface area contributed by atoms with Gasteiger partial charge in [-0.3, -0.25) is 9.59 Å². The fraction of sp³-hybridized carbons (Fsp3) is 0.600. The van der Waals surface area contributed by atoms with Gasteiger partial charge in [0.1, 0.15) is 11.7 Å². The summed E-state index contributed by atoms with van der Waals surface area (Å²) in [6.07, 6.45) is 6.14. The van der Waals surface area contributed by atoms with Gasteiger partial charge in [-0.1, -0.05) is 38.2 Å². The van der Waals surface area contributed by atoms with Gasteiger partial charge < -0.3 is 4.74 Å². The third-order valence-corrected chi connectivity index (χ3v) is 2.69. The van der Waals surface area contributed by atoms with E-state index in [1.54, 1.807) is 0 Å². The van der Waals surface area contributed by atoms with Crippen LogP contribution >= 0.6 is 0 Å². The molecule has 0 aromatic rings. The molecular weight excluding hydrogens is 228 g/mol. The van der Waals surface area contributed by atoms with Crippen LogP contribution in [0, 0.1) is 11.8 Å². The topological polar surface area (TPSA) is 43.4 Å². The van der Waals surface area contributed by atoms with Gasteiger partial charge in [-0.05, 0) is 32.1 Å². The number of Topliss-reactive ketones (excluding diaryl/α,β-unsaturated/α-hetero) is 1. The molecule has 102 valence electrons. The van der Waals surface area contributed by atoms with Gasteiger partial charge in [0.2, 0.25) is 0 Å². The summed E-state index contributed by atoms with van der Waals surface area (Å²) >= 11 is 0. The van der Waals surface area contributed by atoms with E-state index in [4.69, 9.17) is 0 Å². The van der Waals surface area contributed by atoms with Crippen molar-refractivity contribution in [3.63, 3.8) is 0 Å². The molecule has 3 heteroatoms. The molecule has 0 aliphatic heterocycles. The highest BCUT2D eigenvalue weighted by atomic mass is 16.5. The molecule has 0 N–H and O–H groups in total. The predicted molar refractivity (Wildman–Crippen MR) is 73.2 cm³/mol. The maximum absolute atomic E-state index is 11.4. The number of rotatable bonds is 8. The van der Waals surface area contributed by atoms with Gasteiger partial charge in [-0.25, -0.2) is 0 Å². The Morgan fingerprint density at radius 3 is 2.39 bits per heavy atom. The number of carbonyl (C=O) groups is 2. The van der Waals surface area contributed by atoms with E-state index >= 15 is 0 Å². The third kappa shape index (κ3) is 7.05. The van der Waals surface area contributed by atoms with Crippen molar-refractivity contribution in [3.05, 3.63) is 24.3 Å². The summed E-state index contributed by atoms with van der Waals surface area (Å²) in [5.74, 6) is -0.723. The SMILES string of the molecule is C=C(CC=CC(C)C)CCC(C(C)=O)C(=O)OC. The molecule has 1 atom stereocenters. The van der Waals surface area contributed by atoms with Crippen LogP contribution in [-0.4, -0.2) is 18.9 Å². The smallest absolute Gasteiger partial charge is 0.316 e. The number of carbonyl (C=O) groups excluding carboxylic acids is 2. The van der Waals surface area contributed by atoms with Crippen molar-refractivity contribution in [2.24, 2.45) is 11.8 Å². The molecule has 0 aromatic carbocycles. The van der Waals surface area contributed by atoms with Crippen molar-refractivity contribution in [2.45, 2.75) is 40.0 Å². The number of hydrogen-bond acceptors (Lipinski definition) is 3.